The summed E-state index contributed by atoms with van der Waals surface area (Å²) in [5.41, 5.74) is 0.578. The first-order valence-corrected chi connectivity index (χ1v) is 9.84. The van der Waals surface area contributed by atoms with Crippen molar-refractivity contribution in [2.75, 3.05) is 31.1 Å². The van der Waals surface area contributed by atoms with Gasteiger partial charge < -0.3 is 9.80 Å². The van der Waals surface area contributed by atoms with E-state index in [2.05, 4.69) is 25.0 Å². The van der Waals surface area contributed by atoms with Crippen molar-refractivity contribution in [1.82, 2.24) is 29.6 Å². The second-order valence-electron chi connectivity index (χ2n) is 7.07. The van der Waals surface area contributed by atoms with Crippen molar-refractivity contribution in [2.45, 2.75) is 6.92 Å². The molecule has 1 amide bonds. The first-order chi connectivity index (χ1) is 13.2. The summed E-state index contributed by atoms with van der Waals surface area (Å²) in [6.07, 6.45) is 5.19. The second-order valence-corrected chi connectivity index (χ2v) is 8.13. The molecule has 2 aliphatic heterocycles. The number of aromatic nitrogens is 5. The van der Waals surface area contributed by atoms with Gasteiger partial charge in [-0.05, 0) is 13.0 Å². The summed E-state index contributed by atoms with van der Waals surface area (Å²) in [4.78, 5) is 30.0. The molecule has 9 heteroatoms. The first kappa shape index (κ1) is 16.4. The van der Waals surface area contributed by atoms with Crippen LogP contribution in [0.5, 0.6) is 0 Å². The predicted octanol–water partition coefficient (Wildman–Crippen LogP) is 1.64. The lowest BCUT2D eigenvalue weighted by atomic mass is 10.0. The largest absolute Gasteiger partial charge is 0.356 e. The Hall–Kier alpha value is -2.81. The van der Waals surface area contributed by atoms with Crippen LogP contribution in [-0.2, 0) is 0 Å². The Bertz CT molecular complexity index is 956. The van der Waals surface area contributed by atoms with Crippen LogP contribution in [0.25, 0.3) is 5.82 Å². The van der Waals surface area contributed by atoms with Gasteiger partial charge in [-0.3, -0.25) is 4.79 Å². The highest BCUT2D eigenvalue weighted by atomic mass is 32.1. The fourth-order valence-electron chi connectivity index (χ4n) is 4.01. The second kappa shape index (κ2) is 6.41. The fraction of sp³-hybridized carbons (Fsp3) is 0.389. The van der Waals surface area contributed by atoms with E-state index in [4.69, 9.17) is 0 Å². The Morgan fingerprint density at radius 2 is 1.93 bits per heavy atom. The molecule has 0 radical (unpaired) electrons. The summed E-state index contributed by atoms with van der Waals surface area (Å²) in [5.74, 6) is 2.67. The van der Waals surface area contributed by atoms with Crippen molar-refractivity contribution in [1.29, 1.82) is 0 Å². The molecule has 0 saturated carbocycles. The maximum absolute atomic E-state index is 12.6. The van der Waals surface area contributed by atoms with Gasteiger partial charge in [-0.2, -0.15) is 5.10 Å². The van der Waals surface area contributed by atoms with Gasteiger partial charge >= 0.3 is 0 Å². The SMILES string of the molecule is Cc1nc(C(=O)N2CC3CN(c4cc(-n5cccn5)ncn4)CC3C2)cs1. The Morgan fingerprint density at radius 3 is 2.59 bits per heavy atom. The van der Waals surface area contributed by atoms with E-state index >= 15 is 0 Å². The number of amides is 1. The number of rotatable bonds is 3. The zero-order chi connectivity index (χ0) is 18.4. The topological polar surface area (TPSA) is 80.0 Å². The third-order valence-electron chi connectivity index (χ3n) is 5.31. The Morgan fingerprint density at radius 1 is 1.15 bits per heavy atom. The van der Waals surface area contributed by atoms with Gasteiger partial charge in [-0.15, -0.1) is 11.3 Å². The summed E-state index contributed by atoms with van der Waals surface area (Å²) < 4.78 is 1.73. The number of hydrogen-bond acceptors (Lipinski definition) is 7. The van der Waals surface area contributed by atoms with Crippen molar-refractivity contribution in [2.24, 2.45) is 11.8 Å². The van der Waals surface area contributed by atoms with Gasteiger partial charge in [0.15, 0.2) is 5.82 Å². The molecule has 0 aliphatic carbocycles. The van der Waals surface area contributed by atoms with E-state index in [0.29, 0.717) is 17.5 Å². The van der Waals surface area contributed by atoms with E-state index in [-0.39, 0.29) is 5.91 Å². The number of carbonyl (C=O) groups excluding carboxylic acids is 1. The standard InChI is InChI=1S/C18H19N7OS/c1-12-22-15(10-27-12)18(26)24-8-13-6-23(7-14(13)9-24)16-5-17(20-11-19-16)25-4-2-3-21-25/h2-5,10-11,13-14H,6-9H2,1H3. The molecule has 2 aliphatic rings. The minimum atomic E-state index is 0.0586. The number of nitrogens with zero attached hydrogens (tertiary/aromatic N) is 7. The van der Waals surface area contributed by atoms with Crippen molar-refractivity contribution < 1.29 is 4.79 Å². The Labute approximate surface area is 160 Å². The predicted molar refractivity (Wildman–Crippen MR) is 101 cm³/mol. The minimum Gasteiger partial charge on any atom is -0.356 e. The average Bonchev–Trinajstić information content (AvgIpc) is 3.44. The van der Waals surface area contributed by atoms with Crippen LogP contribution >= 0.6 is 11.3 Å². The molecular formula is C18H19N7OS. The van der Waals surface area contributed by atoms with Gasteiger partial charge in [0.1, 0.15) is 17.8 Å². The van der Waals surface area contributed by atoms with Crippen molar-refractivity contribution in [3.8, 4) is 5.82 Å². The van der Waals surface area contributed by atoms with E-state index in [0.717, 1.165) is 42.8 Å². The van der Waals surface area contributed by atoms with Crippen LogP contribution in [0.4, 0.5) is 5.82 Å². The molecule has 0 N–H and O–H groups in total. The monoisotopic (exact) mass is 381 g/mol. The first-order valence-electron chi connectivity index (χ1n) is 8.96. The van der Waals surface area contributed by atoms with Crippen LogP contribution in [0, 0.1) is 18.8 Å². The zero-order valence-electron chi connectivity index (χ0n) is 14.9. The summed E-state index contributed by atoms with van der Waals surface area (Å²) in [6.45, 7) is 5.30. The van der Waals surface area contributed by atoms with E-state index in [1.807, 2.05) is 35.5 Å². The number of aryl methyl sites for hydroxylation is 1. The number of anilines is 1. The fourth-order valence-corrected chi connectivity index (χ4v) is 4.60. The number of likely N-dealkylation sites (tertiary alicyclic amines) is 1. The van der Waals surface area contributed by atoms with Crippen LogP contribution in [0.15, 0.2) is 36.2 Å². The van der Waals surface area contributed by atoms with Crippen molar-refractivity contribution >= 4 is 23.1 Å². The quantitative estimate of drug-likeness (QED) is 0.686. The molecule has 8 nitrogen and oxygen atoms in total. The van der Waals surface area contributed by atoms with Gasteiger partial charge in [0.25, 0.3) is 5.91 Å². The molecule has 3 aromatic rings. The summed E-state index contributed by atoms with van der Waals surface area (Å²) >= 11 is 1.52. The Kier molecular flexibility index (Phi) is 3.89. The molecular weight excluding hydrogens is 362 g/mol. The zero-order valence-corrected chi connectivity index (χ0v) is 15.7. The van der Waals surface area contributed by atoms with Crippen LogP contribution < -0.4 is 4.90 Å². The number of hydrogen-bond donors (Lipinski definition) is 0. The van der Waals surface area contributed by atoms with E-state index in [1.165, 1.54) is 11.3 Å². The van der Waals surface area contributed by atoms with E-state index < -0.39 is 0 Å². The molecule has 5 rings (SSSR count). The van der Waals surface area contributed by atoms with Gasteiger partial charge in [-0.1, -0.05) is 0 Å². The Balaban J connectivity index is 1.28. The minimum absolute atomic E-state index is 0.0586. The molecule has 0 aromatic carbocycles. The molecule has 2 saturated heterocycles. The average molecular weight is 381 g/mol. The van der Waals surface area contributed by atoms with Crippen molar-refractivity contribution in [3.63, 3.8) is 0 Å². The molecule has 27 heavy (non-hydrogen) atoms. The maximum atomic E-state index is 12.6. The highest BCUT2D eigenvalue weighted by molar-refractivity contribution is 7.09. The number of carbonyl (C=O) groups is 1. The van der Waals surface area contributed by atoms with Gasteiger partial charge in [0.05, 0.1) is 5.01 Å². The van der Waals surface area contributed by atoms with E-state index in [9.17, 15) is 4.79 Å². The highest BCUT2D eigenvalue weighted by Gasteiger charge is 2.42. The third kappa shape index (κ3) is 2.97. The highest BCUT2D eigenvalue weighted by Crippen LogP contribution is 2.34. The molecule has 138 valence electrons. The van der Waals surface area contributed by atoms with Gasteiger partial charge in [0.2, 0.25) is 0 Å². The molecule has 0 bridgehead atoms. The van der Waals surface area contributed by atoms with Gasteiger partial charge in [-0.25, -0.2) is 19.6 Å². The number of thiazole rings is 1. The van der Waals surface area contributed by atoms with Crippen LogP contribution in [0.1, 0.15) is 15.5 Å². The summed E-state index contributed by atoms with van der Waals surface area (Å²) in [5, 5.41) is 7.02. The molecule has 2 fully saturated rings. The van der Waals surface area contributed by atoms with Crippen molar-refractivity contribution in [3.05, 3.63) is 46.9 Å². The smallest absolute Gasteiger partial charge is 0.273 e. The third-order valence-corrected chi connectivity index (χ3v) is 6.09. The normalized spacial score (nSPS) is 21.7. The van der Waals surface area contributed by atoms with Crippen LogP contribution in [0.3, 0.4) is 0 Å². The maximum Gasteiger partial charge on any atom is 0.273 e. The van der Waals surface area contributed by atoms with E-state index in [1.54, 1.807) is 17.2 Å². The lowest BCUT2D eigenvalue weighted by molar-refractivity contribution is 0.0777. The lowest BCUT2D eigenvalue weighted by Crippen LogP contribution is -2.33. The van der Waals surface area contributed by atoms with Gasteiger partial charge in [0, 0.05) is 61.9 Å². The molecule has 0 spiro atoms. The molecule has 5 heterocycles. The summed E-state index contributed by atoms with van der Waals surface area (Å²) in [6, 6.07) is 3.84. The van der Waals surface area contributed by atoms with Crippen LogP contribution in [-0.4, -0.2) is 61.7 Å². The summed E-state index contributed by atoms with van der Waals surface area (Å²) in [7, 11) is 0. The van der Waals surface area contributed by atoms with Crippen LogP contribution in [0.2, 0.25) is 0 Å². The number of fused-ring (bicyclic) bond motifs is 1. The molecule has 2 unspecified atom stereocenters. The molecule has 3 aromatic heterocycles. The lowest BCUT2D eigenvalue weighted by Gasteiger charge is -2.22. The molecule has 2 atom stereocenters.